The molecule has 1 atom stereocenters. The van der Waals surface area contributed by atoms with E-state index in [9.17, 15) is 21.6 Å². The first kappa shape index (κ1) is 18.4. The van der Waals surface area contributed by atoms with Gasteiger partial charge in [-0.15, -0.1) is 0 Å². The van der Waals surface area contributed by atoms with Gasteiger partial charge in [-0.3, -0.25) is 4.79 Å². The van der Waals surface area contributed by atoms with E-state index in [1.807, 2.05) is 0 Å². The number of sulfonamides is 1. The number of nitrogens with zero attached hydrogens (tertiary/aromatic N) is 2. The van der Waals surface area contributed by atoms with E-state index >= 15 is 0 Å². The lowest BCUT2D eigenvalue weighted by molar-refractivity contribution is -0.131. The molecule has 0 radical (unpaired) electrons. The van der Waals surface area contributed by atoms with Crippen molar-refractivity contribution in [1.29, 1.82) is 0 Å². The van der Waals surface area contributed by atoms with E-state index in [1.54, 1.807) is 20.9 Å². The van der Waals surface area contributed by atoms with Gasteiger partial charge in [0.25, 0.3) is 0 Å². The molecule has 0 bridgehead atoms. The molecule has 21 heavy (non-hydrogen) atoms. The number of sulfone groups is 1. The molecule has 0 aliphatic carbocycles. The quantitative estimate of drug-likeness (QED) is 0.661. The van der Waals surface area contributed by atoms with Crippen molar-refractivity contribution in [2.24, 2.45) is 0 Å². The molecule has 7 nitrogen and oxygen atoms in total. The monoisotopic (exact) mass is 340 g/mol. The van der Waals surface area contributed by atoms with Crippen LogP contribution in [0.25, 0.3) is 0 Å². The average Bonchev–Trinajstić information content (AvgIpc) is 2.66. The number of hydrogen-bond donors (Lipinski definition) is 0. The minimum atomic E-state index is -3.36. The number of rotatable bonds is 6. The molecule has 124 valence electrons. The van der Waals surface area contributed by atoms with Crippen molar-refractivity contribution in [3.63, 3.8) is 0 Å². The van der Waals surface area contributed by atoms with Crippen LogP contribution in [0.4, 0.5) is 0 Å². The molecule has 9 heteroatoms. The Bertz CT molecular complexity index is 583. The topological polar surface area (TPSA) is 91.8 Å². The first-order valence-corrected chi connectivity index (χ1v) is 10.5. The third-order valence-electron chi connectivity index (χ3n) is 3.70. The highest BCUT2D eigenvalue weighted by Gasteiger charge is 2.33. The Balaban J connectivity index is 2.61. The zero-order valence-corrected chi connectivity index (χ0v) is 14.6. The van der Waals surface area contributed by atoms with Crippen LogP contribution >= 0.6 is 0 Å². The molecule has 0 aromatic carbocycles. The molecule has 1 heterocycles. The molecule has 1 unspecified atom stereocenters. The molecule has 0 aromatic heterocycles. The number of hydrogen-bond acceptors (Lipinski definition) is 5. The van der Waals surface area contributed by atoms with Crippen LogP contribution in [0.2, 0.25) is 0 Å². The Morgan fingerprint density at radius 3 is 2.29 bits per heavy atom. The van der Waals surface area contributed by atoms with Crippen molar-refractivity contribution in [1.82, 2.24) is 9.21 Å². The van der Waals surface area contributed by atoms with E-state index in [-0.39, 0.29) is 42.5 Å². The normalized spacial score (nSPS) is 21.9. The van der Waals surface area contributed by atoms with Gasteiger partial charge in [-0.05, 0) is 20.3 Å². The van der Waals surface area contributed by atoms with Gasteiger partial charge in [-0.1, -0.05) is 0 Å². The van der Waals surface area contributed by atoms with Crippen molar-refractivity contribution < 1.29 is 21.6 Å². The molecule has 1 aliphatic rings. The van der Waals surface area contributed by atoms with Crippen molar-refractivity contribution >= 4 is 25.8 Å². The molecule has 1 amide bonds. The Kier molecular flexibility index (Phi) is 5.79. The van der Waals surface area contributed by atoms with Crippen LogP contribution in [0.1, 0.15) is 26.7 Å². The highest BCUT2D eigenvalue weighted by Crippen LogP contribution is 2.17. The summed E-state index contributed by atoms with van der Waals surface area (Å²) in [6.45, 7) is 3.61. The van der Waals surface area contributed by atoms with Crippen LogP contribution in [0.5, 0.6) is 0 Å². The predicted molar refractivity (Wildman–Crippen MR) is 81.1 cm³/mol. The van der Waals surface area contributed by atoms with Crippen LogP contribution in [0, 0.1) is 0 Å². The smallest absolute Gasteiger partial charge is 0.223 e. The summed E-state index contributed by atoms with van der Waals surface area (Å²) in [6, 6.07) is -0.516. The summed E-state index contributed by atoms with van der Waals surface area (Å²) in [5.74, 6) is -0.127. The average molecular weight is 340 g/mol. The van der Waals surface area contributed by atoms with E-state index in [0.717, 1.165) is 6.26 Å². The van der Waals surface area contributed by atoms with E-state index < -0.39 is 19.9 Å². The van der Waals surface area contributed by atoms with Crippen molar-refractivity contribution in [3.8, 4) is 0 Å². The minimum absolute atomic E-state index is 0.00475. The molecular formula is C12H24N2O5S2. The maximum atomic E-state index is 12.1. The fourth-order valence-electron chi connectivity index (χ4n) is 2.47. The van der Waals surface area contributed by atoms with Gasteiger partial charge in [0.2, 0.25) is 15.9 Å². The Morgan fingerprint density at radius 1 is 1.33 bits per heavy atom. The van der Waals surface area contributed by atoms with Gasteiger partial charge in [-0.2, -0.15) is 4.31 Å². The van der Waals surface area contributed by atoms with Crippen LogP contribution < -0.4 is 0 Å². The zero-order valence-electron chi connectivity index (χ0n) is 12.9. The maximum absolute atomic E-state index is 12.1. The fraction of sp³-hybridized carbons (Fsp3) is 0.917. The third-order valence-corrected chi connectivity index (χ3v) is 6.90. The predicted octanol–water partition coefficient (Wildman–Crippen LogP) is -0.308. The van der Waals surface area contributed by atoms with Crippen molar-refractivity contribution in [2.45, 2.75) is 38.8 Å². The summed E-state index contributed by atoms with van der Waals surface area (Å²) in [4.78, 5) is 13.5. The largest absolute Gasteiger partial charge is 0.342 e. The second kappa shape index (κ2) is 6.62. The first-order chi connectivity index (χ1) is 9.44. The molecule has 0 aromatic rings. The summed E-state index contributed by atoms with van der Waals surface area (Å²) in [5.41, 5.74) is 0. The Labute approximate surface area is 127 Å². The molecule has 1 fully saturated rings. The molecule has 0 spiro atoms. The molecule has 1 rings (SSSR count). The van der Waals surface area contributed by atoms with Gasteiger partial charge in [0.05, 0.1) is 17.8 Å². The number of carbonyl (C=O) groups excluding carboxylic acids is 1. The van der Waals surface area contributed by atoms with Crippen molar-refractivity contribution in [3.05, 3.63) is 0 Å². The van der Waals surface area contributed by atoms with Crippen LogP contribution in [-0.4, -0.2) is 75.4 Å². The number of amides is 1. The van der Waals surface area contributed by atoms with Gasteiger partial charge in [-0.25, -0.2) is 16.8 Å². The van der Waals surface area contributed by atoms with Gasteiger partial charge in [0.1, 0.15) is 0 Å². The third kappa shape index (κ3) is 5.23. The molecule has 0 saturated carbocycles. The summed E-state index contributed by atoms with van der Waals surface area (Å²) < 4.78 is 47.4. The van der Waals surface area contributed by atoms with Gasteiger partial charge in [0, 0.05) is 32.1 Å². The Morgan fingerprint density at radius 2 is 1.90 bits per heavy atom. The van der Waals surface area contributed by atoms with E-state index in [0.29, 0.717) is 6.42 Å². The lowest BCUT2D eigenvalue weighted by Gasteiger charge is -2.27. The minimum Gasteiger partial charge on any atom is -0.342 e. The molecule has 1 saturated heterocycles. The zero-order chi connectivity index (χ0) is 16.4. The summed E-state index contributed by atoms with van der Waals surface area (Å²) in [6.07, 6.45) is 1.62. The number of carbonyl (C=O) groups is 1. The lowest BCUT2D eigenvalue weighted by Crippen LogP contribution is -2.42. The summed E-state index contributed by atoms with van der Waals surface area (Å²) in [7, 11) is -4.82. The first-order valence-electron chi connectivity index (χ1n) is 6.87. The van der Waals surface area contributed by atoms with Gasteiger partial charge < -0.3 is 4.90 Å². The SMILES string of the molecule is CC(C)N(CCC(=O)N(C)C1CCS(=O)(=O)C1)S(C)(=O)=O. The van der Waals surface area contributed by atoms with E-state index in [4.69, 9.17) is 0 Å². The lowest BCUT2D eigenvalue weighted by atomic mass is 10.2. The van der Waals surface area contributed by atoms with E-state index in [1.165, 1.54) is 9.21 Å². The van der Waals surface area contributed by atoms with Crippen LogP contribution in [-0.2, 0) is 24.7 Å². The summed E-state index contributed by atoms with van der Waals surface area (Å²) in [5, 5.41) is 0. The second-order valence-corrected chi connectivity index (χ2v) is 9.94. The van der Waals surface area contributed by atoms with Crippen molar-refractivity contribution in [2.75, 3.05) is 31.4 Å². The Hall–Kier alpha value is -0.670. The highest BCUT2D eigenvalue weighted by molar-refractivity contribution is 7.91. The van der Waals surface area contributed by atoms with Crippen LogP contribution in [0.15, 0.2) is 0 Å². The molecule has 1 aliphatic heterocycles. The van der Waals surface area contributed by atoms with Gasteiger partial charge in [0.15, 0.2) is 9.84 Å². The molecule has 0 N–H and O–H groups in total. The maximum Gasteiger partial charge on any atom is 0.223 e. The van der Waals surface area contributed by atoms with E-state index in [2.05, 4.69) is 0 Å². The summed E-state index contributed by atoms with van der Waals surface area (Å²) >= 11 is 0. The second-order valence-electron chi connectivity index (χ2n) is 5.78. The van der Waals surface area contributed by atoms with Crippen LogP contribution in [0.3, 0.4) is 0 Å². The fourth-order valence-corrected chi connectivity index (χ4v) is 5.44. The molecular weight excluding hydrogens is 316 g/mol. The standard InChI is InChI=1S/C12H24N2O5S2/c1-10(2)14(20(4,16)17)7-5-12(15)13(3)11-6-8-21(18,19)9-11/h10-11H,5-9H2,1-4H3. The highest BCUT2D eigenvalue weighted by atomic mass is 32.2. The van der Waals surface area contributed by atoms with Gasteiger partial charge >= 0.3 is 0 Å².